The van der Waals surface area contributed by atoms with Gasteiger partial charge < -0.3 is 16.1 Å². The van der Waals surface area contributed by atoms with Crippen molar-refractivity contribution < 1.29 is 8.78 Å². The number of allylic oxidation sites excluding steroid dienone is 2. The molecule has 1 aliphatic carbocycles. The minimum atomic E-state index is -2.62. The van der Waals surface area contributed by atoms with Crippen LogP contribution in [0.1, 0.15) is 62.6 Å². The monoisotopic (exact) mass is 521 g/mol. The lowest BCUT2D eigenvalue weighted by Gasteiger charge is -2.39. The zero-order chi connectivity index (χ0) is 24.8. The highest BCUT2D eigenvalue weighted by molar-refractivity contribution is 8.13. The minimum absolute atomic E-state index is 0.273. The summed E-state index contributed by atoms with van der Waals surface area (Å²) >= 11 is 3.33. The molecule has 0 aromatic carbocycles. The maximum absolute atomic E-state index is 13.3. The van der Waals surface area contributed by atoms with Crippen LogP contribution in [0.5, 0.6) is 0 Å². The van der Waals surface area contributed by atoms with Crippen LogP contribution in [0.4, 0.5) is 19.7 Å². The Labute approximate surface area is 213 Å². The van der Waals surface area contributed by atoms with Crippen molar-refractivity contribution in [2.45, 2.75) is 64.2 Å². The van der Waals surface area contributed by atoms with Gasteiger partial charge in [0.1, 0.15) is 10.8 Å². The van der Waals surface area contributed by atoms with Gasteiger partial charge in [-0.3, -0.25) is 0 Å². The van der Waals surface area contributed by atoms with Gasteiger partial charge in [0.2, 0.25) is 5.13 Å². The van der Waals surface area contributed by atoms with Gasteiger partial charge in [-0.2, -0.15) is 5.10 Å². The second kappa shape index (κ2) is 11.6. The number of anilines is 2. The van der Waals surface area contributed by atoms with Gasteiger partial charge in [0.05, 0.1) is 18.1 Å². The number of nitrogens with zero attached hydrogens (tertiary/aromatic N) is 5. The van der Waals surface area contributed by atoms with Crippen LogP contribution in [-0.4, -0.2) is 45.0 Å². The molecule has 0 spiro atoms. The standard InChI is InChI=1S/C24H33F2N7S2/c1-3-7-18(13-19-10-6-11-20(28-19)33-14-24(25,26)15-33)29-23-32-31-22(35-23)17-9-5-8-16(12-17)21(30-27)34-4-2/h6-7,10-11,16-17H,3-5,8-9,12-15,27H2,1-2H3,(H,29,32)/b18-7?,30-21-/t16-,17?/m0/s1. The van der Waals surface area contributed by atoms with Crippen LogP contribution in [0, 0.1) is 5.92 Å². The first-order chi connectivity index (χ1) is 16.9. The molecule has 1 saturated carbocycles. The summed E-state index contributed by atoms with van der Waals surface area (Å²) in [6.45, 7) is 3.65. The zero-order valence-corrected chi connectivity index (χ0v) is 21.8. The van der Waals surface area contributed by atoms with Crippen molar-refractivity contribution in [2.24, 2.45) is 16.9 Å². The zero-order valence-electron chi connectivity index (χ0n) is 20.2. The van der Waals surface area contributed by atoms with Crippen LogP contribution < -0.4 is 16.1 Å². The molecule has 3 heterocycles. The predicted octanol–water partition coefficient (Wildman–Crippen LogP) is 5.64. The fraction of sp³-hybridized carbons (Fsp3) is 0.583. The summed E-state index contributed by atoms with van der Waals surface area (Å²) in [5.74, 6) is 5.36. The summed E-state index contributed by atoms with van der Waals surface area (Å²) in [4.78, 5) is 6.21. The molecule has 0 radical (unpaired) electrons. The Hall–Kier alpha value is -2.27. The highest BCUT2D eigenvalue weighted by Crippen LogP contribution is 2.40. The van der Waals surface area contributed by atoms with Crippen LogP contribution >= 0.6 is 23.1 Å². The molecule has 2 aromatic heterocycles. The molecule has 190 valence electrons. The molecule has 2 atom stereocenters. The maximum Gasteiger partial charge on any atom is 0.282 e. The Bertz CT molecular complexity index is 1050. The number of halogens is 2. The highest BCUT2D eigenvalue weighted by atomic mass is 32.2. The third-order valence-electron chi connectivity index (χ3n) is 6.28. The minimum Gasteiger partial charge on any atom is -0.344 e. The van der Waals surface area contributed by atoms with Crippen molar-refractivity contribution in [3.8, 4) is 0 Å². The third kappa shape index (κ3) is 6.69. The molecule has 1 saturated heterocycles. The molecular weight excluding hydrogens is 488 g/mol. The summed E-state index contributed by atoms with van der Waals surface area (Å²) in [5.41, 5.74) is 1.80. The molecule has 3 N–H and O–H groups in total. The molecule has 0 bridgehead atoms. The van der Waals surface area contributed by atoms with E-state index in [0.29, 0.717) is 24.1 Å². The number of pyridine rings is 1. The van der Waals surface area contributed by atoms with Crippen LogP contribution in [0.15, 0.2) is 35.1 Å². The largest absolute Gasteiger partial charge is 0.344 e. The highest BCUT2D eigenvalue weighted by Gasteiger charge is 2.44. The molecule has 2 fully saturated rings. The lowest BCUT2D eigenvalue weighted by atomic mass is 9.82. The number of hydrogen-bond acceptors (Lipinski definition) is 9. The van der Waals surface area contributed by atoms with E-state index in [1.165, 1.54) is 0 Å². The molecule has 0 amide bonds. The molecule has 4 rings (SSSR count). The predicted molar refractivity (Wildman–Crippen MR) is 141 cm³/mol. The SMILES string of the molecule is CCC=C(Cc1cccc(N2CC(F)(F)C2)n1)Nc1nnc(C2CCC[C@H](/C(=N/N)SCC)C2)s1. The van der Waals surface area contributed by atoms with Crippen molar-refractivity contribution in [3.05, 3.63) is 40.7 Å². The Balaban J connectivity index is 1.39. The van der Waals surface area contributed by atoms with E-state index in [2.05, 4.69) is 45.5 Å². The number of nitrogens with two attached hydrogens (primary N) is 1. The van der Waals surface area contributed by atoms with Gasteiger partial charge in [-0.05, 0) is 43.6 Å². The van der Waals surface area contributed by atoms with Crippen molar-refractivity contribution >= 4 is 39.1 Å². The van der Waals surface area contributed by atoms with E-state index >= 15 is 0 Å². The van der Waals surface area contributed by atoms with Gasteiger partial charge in [-0.1, -0.05) is 43.7 Å². The second-order valence-electron chi connectivity index (χ2n) is 9.04. The molecule has 1 aliphatic heterocycles. The number of aromatic nitrogens is 3. The van der Waals surface area contributed by atoms with E-state index in [1.54, 1.807) is 34.1 Å². The first kappa shape index (κ1) is 25.8. The second-order valence-corrected chi connectivity index (χ2v) is 11.3. The number of nitrogens with one attached hydrogen (secondary N) is 1. The summed E-state index contributed by atoms with van der Waals surface area (Å²) in [6, 6.07) is 5.57. The Morgan fingerprint density at radius 1 is 1.31 bits per heavy atom. The average molecular weight is 522 g/mol. The number of thioether (sulfide) groups is 1. The quantitative estimate of drug-likeness (QED) is 0.191. The van der Waals surface area contributed by atoms with E-state index in [0.717, 1.165) is 64.4 Å². The van der Waals surface area contributed by atoms with E-state index < -0.39 is 5.92 Å². The number of hydrazone groups is 1. The normalized spacial score (nSPS) is 22.7. The topological polar surface area (TPSA) is 92.3 Å². The van der Waals surface area contributed by atoms with E-state index in [-0.39, 0.29) is 13.1 Å². The lowest BCUT2D eigenvalue weighted by Crippen LogP contribution is -2.56. The molecular formula is C24H33F2N7S2. The van der Waals surface area contributed by atoms with Crippen molar-refractivity contribution in [1.29, 1.82) is 0 Å². The van der Waals surface area contributed by atoms with E-state index in [4.69, 9.17) is 5.84 Å². The van der Waals surface area contributed by atoms with Crippen LogP contribution in [0.25, 0.3) is 0 Å². The first-order valence-corrected chi connectivity index (χ1v) is 14.0. The van der Waals surface area contributed by atoms with Gasteiger partial charge in [-0.15, -0.1) is 22.0 Å². The molecule has 11 heteroatoms. The first-order valence-electron chi connectivity index (χ1n) is 12.2. The van der Waals surface area contributed by atoms with Gasteiger partial charge in [0, 0.05) is 29.6 Å². The lowest BCUT2D eigenvalue weighted by molar-refractivity contribution is -0.0267. The number of hydrogen-bond donors (Lipinski definition) is 2. The third-order valence-corrected chi connectivity index (χ3v) is 8.31. The van der Waals surface area contributed by atoms with E-state index in [9.17, 15) is 8.78 Å². The van der Waals surface area contributed by atoms with Crippen molar-refractivity contribution in [1.82, 2.24) is 15.2 Å². The van der Waals surface area contributed by atoms with Gasteiger partial charge >= 0.3 is 0 Å². The molecule has 2 aliphatic rings. The fourth-order valence-electron chi connectivity index (χ4n) is 4.66. The van der Waals surface area contributed by atoms with Crippen molar-refractivity contribution in [3.63, 3.8) is 0 Å². The van der Waals surface area contributed by atoms with Crippen LogP contribution in [0.3, 0.4) is 0 Å². The fourth-order valence-corrected chi connectivity index (χ4v) is 6.40. The smallest absolute Gasteiger partial charge is 0.282 e. The van der Waals surface area contributed by atoms with Crippen molar-refractivity contribution in [2.75, 3.05) is 29.1 Å². The van der Waals surface area contributed by atoms with Gasteiger partial charge in [0.15, 0.2) is 0 Å². The Kier molecular flexibility index (Phi) is 8.59. The summed E-state index contributed by atoms with van der Waals surface area (Å²) in [6.07, 6.45) is 7.88. The molecule has 1 unspecified atom stereocenters. The van der Waals surface area contributed by atoms with Crippen LogP contribution in [-0.2, 0) is 6.42 Å². The summed E-state index contributed by atoms with van der Waals surface area (Å²) < 4.78 is 26.5. The molecule has 35 heavy (non-hydrogen) atoms. The Morgan fingerprint density at radius 2 is 2.14 bits per heavy atom. The van der Waals surface area contributed by atoms with E-state index in [1.807, 2.05) is 12.1 Å². The number of alkyl halides is 2. The summed E-state index contributed by atoms with van der Waals surface area (Å²) in [7, 11) is 0. The van der Waals surface area contributed by atoms with Gasteiger partial charge in [-0.25, -0.2) is 13.8 Å². The molecule has 7 nitrogen and oxygen atoms in total. The maximum atomic E-state index is 13.3. The average Bonchev–Trinajstić information content (AvgIpc) is 3.30. The van der Waals surface area contributed by atoms with Gasteiger partial charge in [0.25, 0.3) is 5.92 Å². The number of rotatable bonds is 9. The summed E-state index contributed by atoms with van der Waals surface area (Å²) in [5, 5.41) is 19.2. The Morgan fingerprint density at radius 3 is 2.86 bits per heavy atom. The molecule has 2 aromatic rings. The van der Waals surface area contributed by atoms with Crippen LogP contribution in [0.2, 0.25) is 0 Å².